The van der Waals surface area contributed by atoms with Gasteiger partial charge in [0.1, 0.15) is 5.75 Å². The Bertz CT molecular complexity index is 1280. The molecule has 0 unspecified atom stereocenters. The molecule has 1 heterocycles. The Morgan fingerprint density at radius 2 is 1.79 bits per heavy atom. The van der Waals surface area contributed by atoms with Crippen LogP contribution in [0.15, 0.2) is 77.7 Å². The molecule has 0 aromatic heterocycles. The molecule has 4 rings (SSSR count). The number of hydrogen-bond acceptors (Lipinski definition) is 5. The van der Waals surface area contributed by atoms with Gasteiger partial charge in [-0.05, 0) is 65.7 Å². The molecular weight excluding hydrogens is 472 g/mol. The molecule has 8 heteroatoms. The third-order valence-corrected chi connectivity index (χ3v) is 6.34. The Morgan fingerprint density at radius 1 is 1.06 bits per heavy atom. The second-order valence-corrected chi connectivity index (χ2v) is 8.99. The number of imide groups is 1. The lowest BCUT2D eigenvalue weighted by molar-refractivity contribution is -0.123. The molecule has 0 spiro atoms. The molecule has 1 saturated heterocycles. The Balaban J connectivity index is 1.40. The summed E-state index contributed by atoms with van der Waals surface area (Å²) in [5, 5.41) is 2.71. The molecule has 6 nitrogen and oxygen atoms in total. The number of aryl methyl sites for hydroxylation is 1. The first kappa shape index (κ1) is 23.6. The number of halogens is 1. The van der Waals surface area contributed by atoms with Crippen LogP contribution in [0.2, 0.25) is 5.02 Å². The quantitative estimate of drug-likeness (QED) is 0.415. The molecule has 1 aliphatic heterocycles. The maximum Gasteiger partial charge on any atom is 0.293 e. The van der Waals surface area contributed by atoms with E-state index in [9.17, 15) is 14.4 Å². The van der Waals surface area contributed by atoms with Gasteiger partial charge in [0.25, 0.3) is 17.1 Å². The van der Waals surface area contributed by atoms with Crippen molar-refractivity contribution in [2.75, 3.05) is 11.9 Å². The fourth-order valence-electron chi connectivity index (χ4n) is 3.33. The first-order valence-corrected chi connectivity index (χ1v) is 11.7. The number of amides is 3. The Morgan fingerprint density at radius 3 is 2.53 bits per heavy atom. The normalized spacial score (nSPS) is 14.5. The van der Waals surface area contributed by atoms with Crippen molar-refractivity contribution in [3.05, 3.63) is 99.4 Å². The number of rotatable bonds is 7. The van der Waals surface area contributed by atoms with Gasteiger partial charge >= 0.3 is 0 Å². The molecule has 0 aliphatic carbocycles. The van der Waals surface area contributed by atoms with Crippen molar-refractivity contribution in [3.8, 4) is 5.75 Å². The smallest absolute Gasteiger partial charge is 0.293 e. The number of thioether (sulfide) groups is 1. The Hall–Kier alpha value is -3.55. The third-order valence-electron chi connectivity index (χ3n) is 5.13. The average molecular weight is 493 g/mol. The number of ether oxygens (including phenoxy) is 1. The predicted molar refractivity (Wildman–Crippen MR) is 135 cm³/mol. The number of nitrogens with zero attached hydrogens (tertiary/aromatic N) is 1. The predicted octanol–water partition coefficient (Wildman–Crippen LogP) is 5.90. The molecule has 0 atom stereocenters. The van der Waals surface area contributed by atoms with Crippen LogP contribution in [-0.4, -0.2) is 28.6 Å². The maximum atomic E-state index is 12.8. The lowest BCUT2D eigenvalue weighted by atomic mass is 10.1. The van der Waals surface area contributed by atoms with E-state index in [-0.39, 0.29) is 30.2 Å². The summed E-state index contributed by atoms with van der Waals surface area (Å²) in [4.78, 5) is 38.9. The standard InChI is InChI=1S/C26H21ClN2O4S/c1-17-7-5-6-8-19(17)15-29-25(31)23(34-26(29)32)14-18-11-12-22(21(27)13-18)33-16-24(30)28-20-9-3-2-4-10-20/h2-14H,15-16H2,1H3,(H,28,30)/b23-14-. The van der Waals surface area contributed by atoms with Gasteiger partial charge in [-0.25, -0.2) is 0 Å². The highest BCUT2D eigenvalue weighted by Crippen LogP contribution is 2.35. The zero-order valence-corrected chi connectivity index (χ0v) is 19.9. The van der Waals surface area contributed by atoms with Crippen molar-refractivity contribution < 1.29 is 19.1 Å². The summed E-state index contributed by atoms with van der Waals surface area (Å²) in [5.74, 6) is -0.310. The van der Waals surface area contributed by atoms with Gasteiger partial charge in [0, 0.05) is 5.69 Å². The van der Waals surface area contributed by atoms with Crippen molar-refractivity contribution in [1.29, 1.82) is 0 Å². The first-order chi connectivity index (χ1) is 16.4. The molecular formula is C26H21ClN2O4S. The molecule has 1 N–H and O–H groups in total. The Labute approximate surface area is 206 Å². The number of carbonyl (C=O) groups excluding carboxylic acids is 3. The van der Waals surface area contributed by atoms with Crippen LogP contribution in [0.5, 0.6) is 5.75 Å². The highest BCUT2D eigenvalue weighted by molar-refractivity contribution is 8.18. The van der Waals surface area contributed by atoms with Crippen molar-refractivity contribution in [2.45, 2.75) is 13.5 Å². The van der Waals surface area contributed by atoms with E-state index in [1.807, 2.05) is 49.4 Å². The molecule has 0 bridgehead atoms. The summed E-state index contributed by atoms with van der Waals surface area (Å²) in [6, 6.07) is 21.7. The van der Waals surface area contributed by atoms with E-state index < -0.39 is 0 Å². The van der Waals surface area contributed by atoms with E-state index in [2.05, 4.69) is 5.32 Å². The van der Waals surface area contributed by atoms with E-state index in [4.69, 9.17) is 16.3 Å². The third kappa shape index (κ3) is 5.68. The van der Waals surface area contributed by atoms with E-state index in [0.29, 0.717) is 26.9 Å². The van der Waals surface area contributed by atoms with Crippen LogP contribution < -0.4 is 10.1 Å². The van der Waals surface area contributed by atoms with Gasteiger partial charge in [0.05, 0.1) is 16.5 Å². The summed E-state index contributed by atoms with van der Waals surface area (Å²) < 4.78 is 5.53. The van der Waals surface area contributed by atoms with Crippen LogP contribution in [0.4, 0.5) is 10.5 Å². The summed E-state index contributed by atoms with van der Waals surface area (Å²) >= 11 is 7.22. The van der Waals surface area contributed by atoms with Crippen LogP contribution in [-0.2, 0) is 16.1 Å². The van der Waals surface area contributed by atoms with Crippen LogP contribution in [0.3, 0.4) is 0 Å². The summed E-state index contributed by atoms with van der Waals surface area (Å²) in [6.07, 6.45) is 1.63. The molecule has 172 valence electrons. The minimum atomic E-state index is -0.340. The van der Waals surface area contributed by atoms with E-state index in [0.717, 1.165) is 22.9 Å². The second kappa shape index (κ2) is 10.6. The number of benzene rings is 3. The zero-order chi connectivity index (χ0) is 24.1. The molecule has 34 heavy (non-hydrogen) atoms. The second-order valence-electron chi connectivity index (χ2n) is 7.59. The average Bonchev–Trinajstić information content (AvgIpc) is 3.08. The fourth-order valence-corrected chi connectivity index (χ4v) is 4.41. The van der Waals surface area contributed by atoms with Gasteiger partial charge in [0.2, 0.25) is 0 Å². The highest BCUT2D eigenvalue weighted by atomic mass is 35.5. The van der Waals surface area contributed by atoms with Gasteiger partial charge in [-0.1, -0.05) is 60.1 Å². The van der Waals surface area contributed by atoms with Crippen LogP contribution >= 0.6 is 23.4 Å². The minimum absolute atomic E-state index is 0.203. The van der Waals surface area contributed by atoms with E-state index in [1.165, 1.54) is 4.90 Å². The molecule has 3 amide bonds. The monoisotopic (exact) mass is 492 g/mol. The van der Waals surface area contributed by atoms with Crippen LogP contribution in [0, 0.1) is 6.92 Å². The summed E-state index contributed by atoms with van der Waals surface area (Å²) in [6.45, 7) is 1.97. The van der Waals surface area contributed by atoms with Crippen LogP contribution in [0.1, 0.15) is 16.7 Å². The summed E-state index contributed by atoms with van der Waals surface area (Å²) in [5.41, 5.74) is 3.26. The van der Waals surface area contributed by atoms with Gasteiger partial charge < -0.3 is 10.1 Å². The Kier molecular flexibility index (Phi) is 7.35. The maximum absolute atomic E-state index is 12.8. The van der Waals surface area contributed by atoms with Crippen molar-refractivity contribution >= 4 is 52.2 Å². The first-order valence-electron chi connectivity index (χ1n) is 10.5. The largest absolute Gasteiger partial charge is 0.482 e. The lowest BCUT2D eigenvalue weighted by Crippen LogP contribution is -2.27. The zero-order valence-electron chi connectivity index (χ0n) is 18.3. The number of hydrogen-bond donors (Lipinski definition) is 1. The topological polar surface area (TPSA) is 75.7 Å². The van der Waals surface area contributed by atoms with Gasteiger partial charge in [-0.3, -0.25) is 19.3 Å². The summed E-state index contributed by atoms with van der Waals surface area (Å²) in [7, 11) is 0. The number of carbonyl (C=O) groups is 3. The van der Waals surface area contributed by atoms with Crippen molar-refractivity contribution in [3.63, 3.8) is 0 Å². The van der Waals surface area contributed by atoms with Gasteiger partial charge in [0.15, 0.2) is 6.61 Å². The number of para-hydroxylation sites is 1. The van der Waals surface area contributed by atoms with Crippen molar-refractivity contribution in [1.82, 2.24) is 4.90 Å². The van der Waals surface area contributed by atoms with Gasteiger partial charge in [-0.15, -0.1) is 0 Å². The van der Waals surface area contributed by atoms with E-state index >= 15 is 0 Å². The molecule has 3 aromatic carbocycles. The minimum Gasteiger partial charge on any atom is -0.482 e. The van der Waals surface area contributed by atoms with Crippen molar-refractivity contribution in [2.24, 2.45) is 0 Å². The van der Waals surface area contributed by atoms with Gasteiger partial charge in [-0.2, -0.15) is 0 Å². The molecule has 1 fully saturated rings. The number of nitrogens with one attached hydrogen (secondary N) is 1. The molecule has 0 radical (unpaired) electrons. The highest BCUT2D eigenvalue weighted by Gasteiger charge is 2.35. The number of anilines is 1. The molecule has 3 aromatic rings. The molecule has 0 saturated carbocycles. The van der Waals surface area contributed by atoms with Crippen LogP contribution in [0.25, 0.3) is 6.08 Å². The molecule has 1 aliphatic rings. The SMILES string of the molecule is Cc1ccccc1CN1C(=O)S/C(=C\c2ccc(OCC(=O)Nc3ccccc3)c(Cl)c2)C1=O. The fraction of sp³-hybridized carbons (Fsp3) is 0.115. The lowest BCUT2D eigenvalue weighted by Gasteiger charge is -2.14. The van der Waals surface area contributed by atoms with E-state index in [1.54, 1.807) is 36.4 Å².